The van der Waals surface area contributed by atoms with E-state index in [1.165, 1.54) is 0 Å². The third-order valence-corrected chi connectivity index (χ3v) is 6.86. The summed E-state index contributed by atoms with van der Waals surface area (Å²) in [5, 5.41) is 8.44. The van der Waals surface area contributed by atoms with Crippen molar-refractivity contribution >= 4 is 22.8 Å². The maximum atomic E-state index is 13.8. The third kappa shape index (κ3) is 4.61. The minimum Gasteiger partial charge on any atom is -0.349 e. The van der Waals surface area contributed by atoms with E-state index in [0.717, 1.165) is 27.9 Å². The fraction of sp³-hybridized carbons (Fsp3) is 0.310. The van der Waals surface area contributed by atoms with E-state index in [4.69, 9.17) is 4.98 Å². The fourth-order valence-corrected chi connectivity index (χ4v) is 4.83. The number of hydrogen-bond acceptors (Lipinski definition) is 4. The molecule has 7 heteroatoms. The maximum Gasteiger partial charge on any atom is 0.254 e. The van der Waals surface area contributed by atoms with Crippen LogP contribution in [0, 0.1) is 6.92 Å². The highest BCUT2D eigenvalue weighted by Gasteiger charge is 2.27. The van der Waals surface area contributed by atoms with Gasteiger partial charge < -0.3 is 10.2 Å². The fourth-order valence-electron chi connectivity index (χ4n) is 4.83. The Labute approximate surface area is 211 Å². The average molecular weight is 482 g/mol. The average Bonchev–Trinajstić information content (AvgIpc) is 3.33. The number of piperidine rings is 1. The Hall–Kier alpha value is -4.00. The molecular weight excluding hydrogens is 450 g/mol. The Kier molecular flexibility index (Phi) is 6.55. The lowest BCUT2D eigenvalue weighted by atomic mass is 10.0. The molecule has 1 N–H and O–H groups in total. The van der Waals surface area contributed by atoms with E-state index in [9.17, 15) is 9.59 Å². The SMILES string of the molecule is Cc1ccccc1-c1cc(C(=O)N2CCC(NC(=O)c3ccccc3)CC2)c2cnn(C(C)C)c2n1. The Morgan fingerprint density at radius 2 is 1.69 bits per heavy atom. The highest BCUT2D eigenvalue weighted by molar-refractivity contribution is 6.06. The van der Waals surface area contributed by atoms with Crippen molar-refractivity contribution in [1.29, 1.82) is 0 Å². The first-order valence-electron chi connectivity index (χ1n) is 12.5. The first-order valence-corrected chi connectivity index (χ1v) is 12.5. The summed E-state index contributed by atoms with van der Waals surface area (Å²) in [6, 6.07) is 19.4. The monoisotopic (exact) mass is 481 g/mol. The van der Waals surface area contributed by atoms with Gasteiger partial charge in [0.05, 0.1) is 22.8 Å². The van der Waals surface area contributed by atoms with Gasteiger partial charge in [0.2, 0.25) is 0 Å². The second-order valence-electron chi connectivity index (χ2n) is 9.70. The van der Waals surface area contributed by atoms with E-state index in [0.29, 0.717) is 37.1 Å². The van der Waals surface area contributed by atoms with Crippen LogP contribution >= 0.6 is 0 Å². The number of hydrogen-bond donors (Lipinski definition) is 1. The normalized spacial score (nSPS) is 14.4. The molecule has 0 aliphatic carbocycles. The number of pyridine rings is 1. The van der Waals surface area contributed by atoms with Crippen LogP contribution in [0.2, 0.25) is 0 Å². The Bertz CT molecular complexity index is 1400. The number of nitrogens with zero attached hydrogens (tertiary/aromatic N) is 4. The number of fused-ring (bicyclic) bond motifs is 1. The second kappa shape index (κ2) is 9.93. The predicted octanol–water partition coefficient (Wildman–Crippen LogP) is 5.02. The summed E-state index contributed by atoms with van der Waals surface area (Å²) < 4.78 is 1.87. The highest BCUT2D eigenvalue weighted by atomic mass is 16.2. The largest absolute Gasteiger partial charge is 0.349 e. The molecule has 1 fully saturated rings. The van der Waals surface area contributed by atoms with Crippen molar-refractivity contribution in [1.82, 2.24) is 25.0 Å². The van der Waals surface area contributed by atoms with Crippen LogP contribution in [0.15, 0.2) is 66.9 Å². The van der Waals surface area contributed by atoms with Gasteiger partial charge in [0.15, 0.2) is 5.65 Å². The molecule has 2 amide bonds. The smallest absolute Gasteiger partial charge is 0.254 e. The van der Waals surface area contributed by atoms with E-state index >= 15 is 0 Å². The number of carbonyl (C=O) groups excluding carboxylic acids is 2. The number of aromatic nitrogens is 3. The molecule has 36 heavy (non-hydrogen) atoms. The number of rotatable bonds is 5. The Balaban J connectivity index is 1.40. The van der Waals surface area contributed by atoms with Gasteiger partial charge in [-0.2, -0.15) is 5.10 Å². The highest BCUT2D eigenvalue weighted by Crippen LogP contribution is 2.29. The number of carbonyl (C=O) groups is 2. The molecule has 0 spiro atoms. The molecule has 4 aromatic rings. The first kappa shape index (κ1) is 23.7. The standard InChI is InChI=1S/C29H31N5O2/c1-19(2)34-27-25(18-30-34)24(17-26(32-27)23-12-8-7-9-20(23)3)29(36)33-15-13-22(14-16-33)31-28(35)21-10-5-4-6-11-21/h4-12,17-19,22H,13-16H2,1-3H3,(H,31,35). The molecule has 0 saturated carbocycles. The number of benzene rings is 2. The minimum atomic E-state index is -0.0693. The van der Waals surface area contributed by atoms with Gasteiger partial charge in [0, 0.05) is 36.3 Å². The Morgan fingerprint density at radius 3 is 2.39 bits per heavy atom. The maximum absolute atomic E-state index is 13.8. The molecule has 184 valence electrons. The number of aryl methyl sites for hydroxylation is 1. The molecule has 0 radical (unpaired) electrons. The zero-order chi connectivity index (χ0) is 25.2. The third-order valence-electron chi connectivity index (χ3n) is 6.86. The Morgan fingerprint density at radius 1 is 1.00 bits per heavy atom. The van der Waals surface area contributed by atoms with Crippen molar-refractivity contribution in [3.8, 4) is 11.3 Å². The van der Waals surface area contributed by atoms with Crippen LogP contribution in [-0.4, -0.2) is 50.6 Å². The van der Waals surface area contributed by atoms with E-state index in [2.05, 4.69) is 37.3 Å². The van der Waals surface area contributed by atoms with Gasteiger partial charge in [-0.05, 0) is 57.4 Å². The van der Waals surface area contributed by atoms with Crippen LogP contribution in [0.25, 0.3) is 22.3 Å². The number of amides is 2. The lowest BCUT2D eigenvalue weighted by Crippen LogP contribution is -2.46. The van der Waals surface area contributed by atoms with E-state index in [1.54, 1.807) is 6.20 Å². The molecule has 3 heterocycles. The van der Waals surface area contributed by atoms with Crippen LogP contribution in [-0.2, 0) is 0 Å². The van der Waals surface area contributed by atoms with Gasteiger partial charge in [0.25, 0.3) is 11.8 Å². The summed E-state index contributed by atoms with van der Waals surface area (Å²) in [7, 11) is 0. The van der Waals surface area contributed by atoms with Crippen molar-refractivity contribution in [3.05, 3.63) is 83.6 Å². The molecule has 0 atom stereocenters. The van der Waals surface area contributed by atoms with Crippen molar-refractivity contribution in [2.45, 2.75) is 45.7 Å². The minimum absolute atomic E-state index is 0.0200. The summed E-state index contributed by atoms with van der Waals surface area (Å²) in [4.78, 5) is 33.1. The van der Waals surface area contributed by atoms with Crippen molar-refractivity contribution in [2.75, 3.05) is 13.1 Å². The predicted molar refractivity (Wildman–Crippen MR) is 141 cm³/mol. The van der Waals surface area contributed by atoms with Gasteiger partial charge in [-0.15, -0.1) is 0 Å². The molecule has 0 bridgehead atoms. The van der Waals surface area contributed by atoms with Crippen molar-refractivity contribution in [3.63, 3.8) is 0 Å². The summed E-state index contributed by atoms with van der Waals surface area (Å²) in [5.41, 5.74) is 4.88. The summed E-state index contributed by atoms with van der Waals surface area (Å²) in [6.07, 6.45) is 3.19. The quantitative estimate of drug-likeness (QED) is 0.434. The molecule has 1 aliphatic rings. The zero-order valence-electron chi connectivity index (χ0n) is 20.9. The summed E-state index contributed by atoms with van der Waals surface area (Å²) >= 11 is 0. The van der Waals surface area contributed by atoms with Gasteiger partial charge in [-0.3, -0.25) is 9.59 Å². The lowest BCUT2D eigenvalue weighted by Gasteiger charge is -2.32. The van der Waals surface area contributed by atoms with Gasteiger partial charge in [-0.25, -0.2) is 9.67 Å². The molecule has 1 aliphatic heterocycles. The van der Waals surface area contributed by atoms with Gasteiger partial charge in [0.1, 0.15) is 0 Å². The number of nitrogens with one attached hydrogen (secondary N) is 1. The number of likely N-dealkylation sites (tertiary alicyclic amines) is 1. The van der Waals surface area contributed by atoms with E-state index in [1.807, 2.05) is 64.2 Å². The van der Waals surface area contributed by atoms with E-state index in [-0.39, 0.29) is 23.9 Å². The van der Waals surface area contributed by atoms with Crippen LogP contribution in [0.4, 0.5) is 0 Å². The van der Waals surface area contributed by atoms with Crippen molar-refractivity contribution in [2.24, 2.45) is 0 Å². The van der Waals surface area contributed by atoms with Crippen LogP contribution in [0.3, 0.4) is 0 Å². The molecule has 2 aromatic carbocycles. The van der Waals surface area contributed by atoms with Crippen molar-refractivity contribution < 1.29 is 9.59 Å². The molecular formula is C29H31N5O2. The summed E-state index contributed by atoms with van der Waals surface area (Å²) in [6.45, 7) is 7.34. The molecule has 1 saturated heterocycles. The summed E-state index contributed by atoms with van der Waals surface area (Å²) in [5.74, 6) is -0.0893. The molecule has 7 nitrogen and oxygen atoms in total. The second-order valence-corrected chi connectivity index (χ2v) is 9.70. The van der Waals surface area contributed by atoms with Crippen LogP contribution in [0.5, 0.6) is 0 Å². The van der Waals surface area contributed by atoms with E-state index < -0.39 is 0 Å². The van der Waals surface area contributed by atoms with Gasteiger partial charge in [-0.1, -0.05) is 42.5 Å². The van der Waals surface area contributed by atoms with Gasteiger partial charge >= 0.3 is 0 Å². The van der Waals surface area contributed by atoms with Crippen LogP contribution < -0.4 is 5.32 Å². The topological polar surface area (TPSA) is 80.1 Å². The lowest BCUT2D eigenvalue weighted by molar-refractivity contribution is 0.0700. The molecule has 2 aromatic heterocycles. The molecule has 5 rings (SSSR count). The molecule has 0 unspecified atom stereocenters. The first-order chi connectivity index (χ1) is 17.4. The zero-order valence-corrected chi connectivity index (χ0v) is 20.9. The van der Waals surface area contributed by atoms with Crippen LogP contribution in [0.1, 0.15) is 59.0 Å².